The van der Waals surface area contributed by atoms with Crippen molar-refractivity contribution in [1.29, 1.82) is 0 Å². The first-order valence-electron chi connectivity index (χ1n) is 7.17. The second-order valence-electron chi connectivity index (χ2n) is 5.30. The van der Waals surface area contributed by atoms with Crippen LogP contribution in [0.1, 0.15) is 13.8 Å². The lowest BCUT2D eigenvalue weighted by Gasteiger charge is -2.11. The molecule has 0 saturated carbocycles. The van der Waals surface area contributed by atoms with Crippen LogP contribution >= 0.6 is 0 Å². The van der Waals surface area contributed by atoms with E-state index in [0.717, 1.165) is 12.3 Å². The number of anilines is 1. The van der Waals surface area contributed by atoms with Crippen LogP contribution in [0.25, 0.3) is 0 Å². The average Bonchev–Trinajstić information content (AvgIpc) is 2.92. The van der Waals surface area contributed by atoms with Gasteiger partial charge in [-0.25, -0.2) is 4.68 Å². The van der Waals surface area contributed by atoms with Crippen molar-refractivity contribution in [1.82, 2.24) is 9.78 Å². The first-order valence-corrected chi connectivity index (χ1v) is 7.17. The highest BCUT2D eigenvalue weighted by atomic mass is 16.5. The molecule has 0 spiro atoms. The van der Waals surface area contributed by atoms with Gasteiger partial charge < -0.3 is 14.8 Å². The molecule has 22 heavy (non-hydrogen) atoms. The molecule has 6 heteroatoms. The smallest absolute Gasteiger partial charge is 0.263 e. The van der Waals surface area contributed by atoms with E-state index in [4.69, 9.17) is 9.47 Å². The van der Waals surface area contributed by atoms with Gasteiger partial charge in [0.05, 0.1) is 13.3 Å². The van der Waals surface area contributed by atoms with Crippen LogP contribution in [-0.2, 0) is 11.3 Å². The highest BCUT2D eigenvalue weighted by Gasteiger charge is 2.09. The summed E-state index contributed by atoms with van der Waals surface area (Å²) in [7, 11) is 1.60. The van der Waals surface area contributed by atoms with E-state index in [-0.39, 0.29) is 12.5 Å². The maximum Gasteiger partial charge on any atom is 0.263 e. The molecule has 118 valence electrons. The van der Waals surface area contributed by atoms with Gasteiger partial charge in [0, 0.05) is 12.6 Å². The predicted molar refractivity (Wildman–Crippen MR) is 84.2 cm³/mol. The minimum Gasteiger partial charge on any atom is -0.497 e. The summed E-state index contributed by atoms with van der Waals surface area (Å²) >= 11 is 0. The standard InChI is InChI=1S/C16H21N3O3/c1-12(2)10-19-15(8-9-17-19)18-16(20)11-22-14-6-4-13(21-3)5-7-14/h4-9,12H,10-11H2,1-3H3,(H,18,20). The number of rotatable bonds is 7. The van der Waals surface area contributed by atoms with E-state index in [9.17, 15) is 4.79 Å². The Morgan fingerprint density at radius 2 is 1.91 bits per heavy atom. The van der Waals surface area contributed by atoms with Crippen LogP contribution in [-0.4, -0.2) is 29.4 Å². The molecule has 2 rings (SSSR count). The van der Waals surface area contributed by atoms with Crippen LogP contribution in [0.5, 0.6) is 11.5 Å². The van der Waals surface area contributed by atoms with Gasteiger partial charge in [-0.1, -0.05) is 13.8 Å². The summed E-state index contributed by atoms with van der Waals surface area (Å²) < 4.78 is 12.3. The van der Waals surface area contributed by atoms with Crippen molar-refractivity contribution in [2.45, 2.75) is 20.4 Å². The number of methoxy groups -OCH3 is 1. The molecule has 0 aliphatic rings. The first kappa shape index (κ1) is 15.9. The molecule has 1 amide bonds. The summed E-state index contributed by atoms with van der Waals surface area (Å²) in [6.45, 7) is 4.89. The topological polar surface area (TPSA) is 65.4 Å². The molecule has 6 nitrogen and oxygen atoms in total. The summed E-state index contributed by atoms with van der Waals surface area (Å²) in [5.41, 5.74) is 0. The minimum atomic E-state index is -0.221. The lowest BCUT2D eigenvalue weighted by atomic mass is 10.2. The van der Waals surface area contributed by atoms with Crippen molar-refractivity contribution >= 4 is 11.7 Å². The van der Waals surface area contributed by atoms with Crippen LogP contribution < -0.4 is 14.8 Å². The van der Waals surface area contributed by atoms with Gasteiger partial charge in [0.1, 0.15) is 17.3 Å². The maximum absolute atomic E-state index is 11.9. The van der Waals surface area contributed by atoms with E-state index in [1.807, 2.05) is 0 Å². The zero-order chi connectivity index (χ0) is 15.9. The number of nitrogens with one attached hydrogen (secondary N) is 1. The summed E-state index contributed by atoms with van der Waals surface area (Å²) in [6, 6.07) is 8.85. The van der Waals surface area contributed by atoms with Crippen molar-refractivity contribution in [2.24, 2.45) is 5.92 Å². The van der Waals surface area contributed by atoms with Crippen LogP contribution in [0.4, 0.5) is 5.82 Å². The first-order chi connectivity index (χ1) is 10.6. The number of carbonyl (C=O) groups excluding carboxylic acids is 1. The van der Waals surface area contributed by atoms with Crippen molar-refractivity contribution < 1.29 is 14.3 Å². The highest BCUT2D eigenvalue weighted by molar-refractivity contribution is 5.91. The summed E-state index contributed by atoms with van der Waals surface area (Å²) in [5, 5.41) is 6.99. The van der Waals surface area contributed by atoms with Gasteiger partial charge in [0.2, 0.25) is 0 Å². The molecule has 1 heterocycles. The van der Waals surface area contributed by atoms with Crippen molar-refractivity contribution in [2.75, 3.05) is 19.0 Å². The van der Waals surface area contributed by atoms with Gasteiger partial charge >= 0.3 is 0 Å². The molecule has 1 aromatic heterocycles. The van der Waals surface area contributed by atoms with Crippen LogP contribution in [0.2, 0.25) is 0 Å². The molecule has 0 aliphatic heterocycles. The van der Waals surface area contributed by atoms with Crippen molar-refractivity contribution in [3.63, 3.8) is 0 Å². The summed E-state index contributed by atoms with van der Waals surface area (Å²) in [4.78, 5) is 11.9. The molecule has 1 N–H and O–H groups in total. The van der Waals surface area contributed by atoms with Crippen molar-refractivity contribution in [3.05, 3.63) is 36.5 Å². The number of amides is 1. The number of aromatic nitrogens is 2. The Hall–Kier alpha value is -2.50. The molecular formula is C16H21N3O3. The summed E-state index contributed by atoms with van der Waals surface area (Å²) in [5.74, 6) is 2.27. The third-order valence-corrected chi connectivity index (χ3v) is 2.95. The number of nitrogens with zero attached hydrogens (tertiary/aromatic N) is 2. The molecule has 0 bridgehead atoms. The molecule has 0 atom stereocenters. The van der Waals surface area contributed by atoms with Crippen LogP contribution in [0.15, 0.2) is 36.5 Å². The quantitative estimate of drug-likeness (QED) is 0.853. The average molecular weight is 303 g/mol. The fraction of sp³-hybridized carbons (Fsp3) is 0.375. The zero-order valence-electron chi connectivity index (χ0n) is 13.1. The Balaban J connectivity index is 1.86. The lowest BCUT2D eigenvalue weighted by Crippen LogP contribution is -2.22. The summed E-state index contributed by atoms with van der Waals surface area (Å²) in [6.07, 6.45) is 1.67. The monoisotopic (exact) mass is 303 g/mol. The SMILES string of the molecule is COc1ccc(OCC(=O)Nc2ccnn2CC(C)C)cc1. The number of hydrogen-bond acceptors (Lipinski definition) is 4. The minimum absolute atomic E-state index is 0.0564. The van der Waals surface area contributed by atoms with E-state index in [0.29, 0.717) is 17.5 Å². The Kier molecular flexibility index (Phi) is 5.41. The van der Waals surface area contributed by atoms with E-state index < -0.39 is 0 Å². The Morgan fingerprint density at radius 3 is 2.55 bits per heavy atom. The highest BCUT2D eigenvalue weighted by Crippen LogP contribution is 2.17. The molecule has 0 unspecified atom stereocenters. The largest absolute Gasteiger partial charge is 0.497 e. The predicted octanol–water partition coefficient (Wildman–Crippen LogP) is 2.57. The van der Waals surface area contributed by atoms with Gasteiger partial charge in [-0.3, -0.25) is 4.79 Å². The Bertz CT molecular complexity index is 605. The zero-order valence-corrected chi connectivity index (χ0v) is 13.1. The molecule has 0 aliphatic carbocycles. The third-order valence-electron chi connectivity index (χ3n) is 2.95. The number of hydrogen-bond donors (Lipinski definition) is 1. The normalized spacial score (nSPS) is 10.5. The second kappa shape index (κ2) is 7.49. The van der Waals surface area contributed by atoms with Gasteiger partial charge in [0.25, 0.3) is 5.91 Å². The van der Waals surface area contributed by atoms with Crippen molar-refractivity contribution in [3.8, 4) is 11.5 Å². The van der Waals surface area contributed by atoms with Crippen LogP contribution in [0.3, 0.4) is 0 Å². The lowest BCUT2D eigenvalue weighted by molar-refractivity contribution is -0.118. The fourth-order valence-electron chi connectivity index (χ4n) is 1.93. The third kappa shape index (κ3) is 4.51. The molecule has 0 saturated heterocycles. The van der Waals surface area contributed by atoms with Gasteiger partial charge in [-0.15, -0.1) is 0 Å². The Morgan fingerprint density at radius 1 is 1.23 bits per heavy atom. The van der Waals surface area contributed by atoms with E-state index in [1.54, 1.807) is 48.3 Å². The van der Waals surface area contributed by atoms with Crippen LogP contribution in [0, 0.1) is 5.92 Å². The van der Waals surface area contributed by atoms with E-state index >= 15 is 0 Å². The van der Waals surface area contributed by atoms with E-state index in [2.05, 4.69) is 24.3 Å². The van der Waals surface area contributed by atoms with Gasteiger partial charge in [-0.2, -0.15) is 5.10 Å². The molecule has 2 aromatic rings. The maximum atomic E-state index is 11.9. The van der Waals surface area contributed by atoms with E-state index in [1.165, 1.54) is 0 Å². The number of carbonyl (C=O) groups is 1. The molecular weight excluding hydrogens is 282 g/mol. The molecule has 1 aromatic carbocycles. The Labute approximate surface area is 130 Å². The number of ether oxygens (including phenoxy) is 2. The molecule has 0 radical (unpaired) electrons. The number of benzene rings is 1. The molecule has 0 fully saturated rings. The second-order valence-corrected chi connectivity index (χ2v) is 5.30. The van der Waals surface area contributed by atoms with Gasteiger partial charge in [-0.05, 0) is 30.2 Å². The fourth-order valence-corrected chi connectivity index (χ4v) is 1.93. The van der Waals surface area contributed by atoms with Gasteiger partial charge in [0.15, 0.2) is 6.61 Å².